The Hall–Kier alpha value is -0.980. The van der Waals surface area contributed by atoms with E-state index in [2.05, 4.69) is 46.8 Å². The monoisotopic (exact) mass is 206 g/mol. The van der Waals surface area contributed by atoms with Gasteiger partial charge in [0.15, 0.2) is 0 Å². The van der Waals surface area contributed by atoms with Crippen molar-refractivity contribution >= 4 is 0 Å². The van der Waals surface area contributed by atoms with Gasteiger partial charge in [-0.2, -0.15) is 0 Å². The van der Waals surface area contributed by atoms with Crippen LogP contribution in [0.5, 0.6) is 5.75 Å². The van der Waals surface area contributed by atoms with Crippen LogP contribution in [-0.4, -0.2) is 6.61 Å². The molecule has 0 radical (unpaired) electrons. The maximum absolute atomic E-state index is 5.65. The number of hydrogen-bond acceptors (Lipinski definition) is 1. The third-order valence-electron chi connectivity index (χ3n) is 2.62. The summed E-state index contributed by atoms with van der Waals surface area (Å²) in [6.45, 7) is 11.7. The summed E-state index contributed by atoms with van der Waals surface area (Å²) < 4.78 is 5.65. The molecule has 0 aliphatic carbocycles. The molecule has 0 atom stereocenters. The molecule has 0 saturated carbocycles. The molecule has 0 N–H and O–H groups in total. The van der Waals surface area contributed by atoms with Gasteiger partial charge < -0.3 is 4.74 Å². The Kier molecular flexibility index (Phi) is 4.19. The summed E-state index contributed by atoms with van der Waals surface area (Å²) in [6.07, 6.45) is 1.06. The van der Waals surface area contributed by atoms with Crippen LogP contribution in [0.25, 0.3) is 0 Å². The molecule has 1 rings (SSSR count). The van der Waals surface area contributed by atoms with Crippen LogP contribution in [0.15, 0.2) is 12.1 Å². The largest absolute Gasteiger partial charge is 0.494 e. The lowest BCUT2D eigenvalue weighted by molar-refractivity contribution is 0.317. The highest BCUT2D eigenvalue weighted by molar-refractivity contribution is 5.42. The van der Waals surface area contributed by atoms with Crippen LogP contribution in [0, 0.1) is 13.8 Å². The summed E-state index contributed by atoms with van der Waals surface area (Å²) in [6, 6.07) is 4.30. The third kappa shape index (κ3) is 2.98. The molecule has 1 heteroatoms. The average molecular weight is 206 g/mol. The lowest BCUT2D eigenvalue weighted by Crippen LogP contribution is -2.00. The lowest BCUT2D eigenvalue weighted by atomic mass is 9.93. The van der Waals surface area contributed by atoms with Gasteiger partial charge in [0, 0.05) is 0 Å². The average Bonchev–Trinajstić information content (AvgIpc) is 2.12. The van der Waals surface area contributed by atoms with E-state index in [1.165, 1.54) is 16.7 Å². The minimum Gasteiger partial charge on any atom is -0.494 e. The van der Waals surface area contributed by atoms with Gasteiger partial charge in [0.2, 0.25) is 0 Å². The highest BCUT2D eigenvalue weighted by atomic mass is 16.5. The number of rotatable bonds is 4. The SMILES string of the molecule is CCCOc1cc(C)c(C(C)C)c(C)c1. The second kappa shape index (κ2) is 5.20. The van der Waals surface area contributed by atoms with Gasteiger partial charge in [-0.3, -0.25) is 0 Å². The zero-order valence-corrected chi connectivity index (χ0v) is 10.6. The van der Waals surface area contributed by atoms with Crippen LogP contribution in [0.1, 0.15) is 49.8 Å². The minimum atomic E-state index is 0.588. The second-order valence-electron chi connectivity index (χ2n) is 4.47. The van der Waals surface area contributed by atoms with Crippen molar-refractivity contribution in [2.24, 2.45) is 0 Å². The molecule has 0 spiro atoms. The van der Waals surface area contributed by atoms with Crippen LogP contribution >= 0.6 is 0 Å². The molecule has 1 nitrogen and oxygen atoms in total. The number of benzene rings is 1. The molecular weight excluding hydrogens is 184 g/mol. The van der Waals surface area contributed by atoms with Gasteiger partial charge in [0.05, 0.1) is 6.61 Å². The summed E-state index contributed by atoms with van der Waals surface area (Å²) in [7, 11) is 0. The Morgan fingerprint density at radius 1 is 1.13 bits per heavy atom. The maximum atomic E-state index is 5.65. The predicted octanol–water partition coefficient (Wildman–Crippen LogP) is 4.22. The summed E-state index contributed by atoms with van der Waals surface area (Å²) >= 11 is 0. The Bertz CT molecular complexity index is 303. The minimum absolute atomic E-state index is 0.588. The maximum Gasteiger partial charge on any atom is 0.119 e. The van der Waals surface area contributed by atoms with Crippen molar-refractivity contribution in [1.82, 2.24) is 0 Å². The van der Waals surface area contributed by atoms with E-state index in [-0.39, 0.29) is 0 Å². The first-order valence-corrected chi connectivity index (χ1v) is 5.80. The number of aryl methyl sites for hydroxylation is 2. The lowest BCUT2D eigenvalue weighted by Gasteiger charge is -2.15. The summed E-state index contributed by atoms with van der Waals surface area (Å²) in [4.78, 5) is 0. The van der Waals surface area contributed by atoms with E-state index >= 15 is 0 Å². The van der Waals surface area contributed by atoms with E-state index in [1.807, 2.05) is 0 Å². The summed E-state index contributed by atoms with van der Waals surface area (Å²) in [5, 5.41) is 0. The van der Waals surface area contributed by atoms with Gasteiger partial charge in [-0.1, -0.05) is 20.8 Å². The zero-order chi connectivity index (χ0) is 11.4. The van der Waals surface area contributed by atoms with Crippen molar-refractivity contribution < 1.29 is 4.74 Å². The molecular formula is C14H22O. The van der Waals surface area contributed by atoms with Gasteiger partial charge >= 0.3 is 0 Å². The molecule has 0 aliphatic heterocycles. The summed E-state index contributed by atoms with van der Waals surface area (Å²) in [5.41, 5.74) is 4.14. The van der Waals surface area contributed by atoms with Crippen LogP contribution in [0.3, 0.4) is 0 Å². The molecule has 84 valence electrons. The van der Waals surface area contributed by atoms with E-state index in [0.717, 1.165) is 18.8 Å². The van der Waals surface area contributed by atoms with Gasteiger partial charge in [0.25, 0.3) is 0 Å². The quantitative estimate of drug-likeness (QED) is 0.717. The van der Waals surface area contributed by atoms with Crippen molar-refractivity contribution in [2.45, 2.75) is 47.0 Å². The molecule has 0 aliphatic rings. The first kappa shape index (κ1) is 12.1. The Morgan fingerprint density at radius 3 is 2.07 bits per heavy atom. The van der Waals surface area contributed by atoms with Gasteiger partial charge in [-0.05, 0) is 55.0 Å². The molecule has 0 aromatic heterocycles. The fourth-order valence-electron chi connectivity index (χ4n) is 2.15. The normalized spacial score (nSPS) is 10.8. The first-order chi connectivity index (χ1) is 7.06. The van der Waals surface area contributed by atoms with Crippen LogP contribution in [0.2, 0.25) is 0 Å². The van der Waals surface area contributed by atoms with E-state index in [1.54, 1.807) is 0 Å². The fourth-order valence-corrected chi connectivity index (χ4v) is 2.15. The molecule has 0 bridgehead atoms. The van der Waals surface area contributed by atoms with Crippen LogP contribution in [0.4, 0.5) is 0 Å². The van der Waals surface area contributed by atoms with Crippen molar-refractivity contribution in [3.8, 4) is 5.75 Å². The molecule has 0 saturated heterocycles. The van der Waals surface area contributed by atoms with Crippen LogP contribution in [-0.2, 0) is 0 Å². The highest BCUT2D eigenvalue weighted by Crippen LogP contribution is 2.27. The Balaban J connectivity index is 2.97. The predicted molar refractivity (Wildman–Crippen MR) is 65.8 cm³/mol. The van der Waals surface area contributed by atoms with Gasteiger partial charge in [0.1, 0.15) is 5.75 Å². The molecule has 1 aromatic carbocycles. The van der Waals surface area contributed by atoms with Crippen molar-refractivity contribution in [2.75, 3.05) is 6.61 Å². The van der Waals surface area contributed by atoms with Crippen molar-refractivity contribution in [1.29, 1.82) is 0 Å². The molecule has 0 amide bonds. The van der Waals surface area contributed by atoms with E-state index < -0.39 is 0 Å². The molecule has 0 unspecified atom stereocenters. The number of hydrogen-bond donors (Lipinski definition) is 0. The van der Waals surface area contributed by atoms with E-state index in [0.29, 0.717) is 5.92 Å². The zero-order valence-electron chi connectivity index (χ0n) is 10.6. The van der Waals surface area contributed by atoms with Gasteiger partial charge in [-0.25, -0.2) is 0 Å². The molecule has 1 aromatic rings. The third-order valence-corrected chi connectivity index (χ3v) is 2.62. The van der Waals surface area contributed by atoms with Gasteiger partial charge in [-0.15, -0.1) is 0 Å². The Labute approximate surface area is 93.5 Å². The highest BCUT2D eigenvalue weighted by Gasteiger charge is 2.08. The number of ether oxygens (including phenoxy) is 1. The van der Waals surface area contributed by atoms with Crippen LogP contribution < -0.4 is 4.74 Å². The Morgan fingerprint density at radius 2 is 1.67 bits per heavy atom. The fraction of sp³-hybridized carbons (Fsp3) is 0.571. The van der Waals surface area contributed by atoms with E-state index in [9.17, 15) is 0 Å². The molecule has 0 heterocycles. The smallest absolute Gasteiger partial charge is 0.119 e. The van der Waals surface area contributed by atoms with Crippen molar-refractivity contribution in [3.63, 3.8) is 0 Å². The first-order valence-electron chi connectivity index (χ1n) is 5.80. The second-order valence-corrected chi connectivity index (χ2v) is 4.47. The molecule has 15 heavy (non-hydrogen) atoms. The van der Waals surface area contributed by atoms with E-state index in [4.69, 9.17) is 4.74 Å². The summed E-state index contributed by atoms with van der Waals surface area (Å²) in [5.74, 6) is 1.60. The standard InChI is InChI=1S/C14H22O/c1-6-7-15-13-8-11(4)14(10(2)3)12(5)9-13/h8-10H,6-7H2,1-5H3. The van der Waals surface area contributed by atoms with Crippen molar-refractivity contribution in [3.05, 3.63) is 28.8 Å². The molecule has 0 fully saturated rings. The topological polar surface area (TPSA) is 9.23 Å².